The summed E-state index contributed by atoms with van der Waals surface area (Å²) in [6.45, 7) is -0.00340. The van der Waals surface area contributed by atoms with Gasteiger partial charge in [0, 0.05) is 12.3 Å². The summed E-state index contributed by atoms with van der Waals surface area (Å²) in [6.07, 6.45) is 1.57. The number of methoxy groups -OCH3 is 1. The molecule has 1 aliphatic heterocycles. The molecule has 1 aliphatic rings. The highest BCUT2D eigenvalue weighted by atomic mass is 16.5. The number of rotatable bonds is 4. The molecule has 118 valence electrons. The van der Waals surface area contributed by atoms with Crippen molar-refractivity contribution in [3.63, 3.8) is 0 Å². The lowest BCUT2D eigenvalue weighted by atomic mass is 9.89. The normalized spacial score (nSPS) is 20.0. The van der Waals surface area contributed by atoms with Crippen molar-refractivity contribution in [1.82, 2.24) is 15.2 Å². The van der Waals surface area contributed by atoms with Crippen LogP contribution in [-0.2, 0) is 16.9 Å². The first-order valence-corrected chi connectivity index (χ1v) is 6.99. The lowest BCUT2D eigenvalue weighted by molar-refractivity contribution is -0.124. The maximum Gasteiger partial charge on any atom is 0.322 e. The van der Waals surface area contributed by atoms with Crippen LogP contribution in [0.25, 0.3) is 0 Å². The Morgan fingerprint density at radius 3 is 2.39 bits per heavy atom. The molecule has 2 heterocycles. The molecule has 23 heavy (non-hydrogen) atoms. The van der Waals surface area contributed by atoms with Crippen molar-refractivity contribution in [3.05, 3.63) is 64.6 Å². The molecule has 0 saturated carbocycles. The van der Waals surface area contributed by atoms with Crippen molar-refractivity contribution in [2.24, 2.45) is 0 Å². The predicted molar refractivity (Wildman–Crippen MR) is 82.0 cm³/mol. The Morgan fingerprint density at radius 1 is 1.09 bits per heavy atom. The number of urea groups is 1. The number of hydrogen-bond acceptors (Lipinski definition) is 4. The Kier molecular flexibility index (Phi) is 3.61. The van der Waals surface area contributed by atoms with Crippen LogP contribution in [0, 0.1) is 0 Å². The van der Waals surface area contributed by atoms with E-state index in [1.54, 1.807) is 49.7 Å². The average Bonchev–Trinajstić information content (AvgIpc) is 2.84. The molecule has 1 saturated heterocycles. The first-order valence-electron chi connectivity index (χ1n) is 6.99. The number of imide groups is 1. The third kappa shape index (κ3) is 2.57. The van der Waals surface area contributed by atoms with E-state index in [0.29, 0.717) is 11.3 Å². The van der Waals surface area contributed by atoms with Crippen LogP contribution in [0.15, 0.2) is 53.5 Å². The molecule has 1 atom stereocenters. The summed E-state index contributed by atoms with van der Waals surface area (Å²) in [6, 6.07) is 10.9. The fraction of sp³-hybridized carbons (Fsp3) is 0.188. The molecule has 2 aromatic rings. The minimum atomic E-state index is -1.34. The van der Waals surface area contributed by atoms with Crippen molar-refractivity contribution < 1.29 is 14.3 Å². The minimum Gasteiger partial charge on any atom is -0.497 e. The highest BCUT2D eigenvalue weighted by Crippen LogP contribution is 2.28. The third-order valence-electron chi connectivity index (χ3n) is 3.83. The molecule has 3 rings (SSSR count). The molecular formula is C16H15N3O4. The number of hydrogen-bond donors (Lipinski definition) is 2. The van der Waals surface area contributed by atoms with E-state index in [0.717, 1.165) is 0 Å². The van der Waals surface area contributed by atoms with Crippen molar-refractivity contribution >= 4 is 11.9 Å². The molecular weight excluding hydrogens is 298 g/mol. The first kappa shape index (κ1) is 14.8. The topological polar surface area (TPSA) is 89.4 Å². The molecule has 7 nitrogen and oxygen atoms in total. The largest absolute Gasteiger partial charge is 0.497 e. The van der Waals surface area contributed by atoms with E-state index in [2.05, 4.69) is 10.6 Å². The van der Waals surface area contributed by atoms with Gasteiger partial charge >= 0.3 is 6.03 Å². The van der Waals surface area contributed by atoms with Gasteiger partial charge in [0.05, 0.1) is 13.7 Å². The van der Waals surface area contributed by atoms with Gasteiger partial charge in [0.25, 0.3) is 11.5 Å². The van der Waals surface area contributed by atoms with Crippen LogP contribution in [0.3, 0.4) is 0 Å². The molecule has 3 amide bonds. The quantitative estimate of drug-likeness (QED) is 0.809. The molecule has 1 unspecified atom stereocenters. The summed E-state index contributed by atoms with van der Waals surface area (Å²) in [4.78, 5) is 36.1. The predicted octanol–water partition coefficient (Wildman–Crippen LogP) is 0.592. The van der Waals surface area contributed by atoms with Crippen LogP contribution >= 0.6 is 0 Å². The van der Waals surface area contributed by atoms with Crippen molar-refractivity contribution in [1.29, 1.82) is 0 Å². The summed E-state index contributed by atoms with van der Waals surface area (Å²) in [5.41, 5.74) is -1.03. The van der Waals surface area contributed by atoms with Crippen molar-refractivity contribution in [3.8, 4) is 5.75 Å². The minimum absolute atomic E-state index is 0.00340. The van der Waals surface area contributed by atoms with Gasteiger partial charge in [0.2, 0.25) is 0 Å². The van der Waals surface area contributed by atoms with Crippen LogP contribution in [0.5, 0.6) is 5.75 Å². The second kappa shape index (κ2) is 5.60. The van der Waals surface area contributed by atoms with Gasteiger partial charge in [0.15, 0.2) is 5.54 Å². The third-order valence-corrected chi connectivity index (χ3v) is 3.83. The number of aromatic nitrogens is 1. The summed E-state index contributed by atoms with van der Waals surface area (Å²) in [5.74, 6) is 0.133. The number of pyridine rings is 1. The van der Waals surface area contributed by atoms with Gasteiger partial charge in [0.1, 0.15) is 5.75 Å². The van der Waals surface area contributed by atoms with Crippen LogP contribution < -0.4 is 20.9 Å². The van der Waals surface area contributed by atoms with E-state index in [4.69, 9.17) is 4.74 Å². The number of nitrogens with zero attached hydrogens (tertiary/aromatic N) is 1. The fourth-order valence-corrected chi connectivity index (χ4v) is 2.62. The maximum atomic E-state index is 12.4. The lowest BCUT2D eigenvalue weighted by Crippen LogP contribution is -2.48. The zero-order valence-electron chi connectivity index (χ0n) is 12.4. The van der Waals surface area contributed by atoms with Crippen molar-refractivity contribution in [2.75, 3.05) is 7.11 Å². The van der Waals surface area contributed by atoms with E-state index in [1.807, 2.05) is 0 Å². The summed E-state index contributed by atoms with van der Waals surface area (Å²) in [5, 5.41) is 4.89. The van der Waals surface area contributed by atoms with Gasteiger partial charge in [-0.25, -0.2) is 4.79 Å². The summed E-state index contributed by atoms with van der Waals surface area (Å²) >= 11 is 0. The molecule has 0 spiro atoms. The monoisotopic (exact) mass is 313 g/mol. The van der Waals surface area contributed by atoms with Gasteiger partial charge in [-0.1, -0.05) is 18.2 Å². The molecule has 2 N–H and O–H groups in total. The standard InChI is InChI=1S/C16H15N3O4/c1-23-12-7-5-11(6-8-12)16(14(21)17-15(22)18-16)10-19-9-3-2-4-13(19)20/h2-9H,10H2,1H3,(H2,17,18,21,22). The van der Waals surface area contributed by atoms with Gasteiger partial charge < -0.3 is 14.6 Å². The molecule has 0 radical (unpaired) electrons. The number of benzene rings is 1. The average molecular weight is 313 g/mol. The fourth-order valence-electron chi connectivity index (χ4n) is 2.62. The van der Waals surface area contributed by atoms with Gasteiger partial charge in [-0.2, -0.15) is 0 Å². The Balaban J connectivity index is 2.08. The molecule has 1 fully saturated rings. The van der Waals surface area contributed by atoms with Crippen LogP contribution in [0.2, 0.25) is 0 Å². The smallest absolute Gasteiger partial charge is 0.322 e. The Hall–Kier alpha value is -3.09. The Morgan fingerprint density at radius 2 is 1.83 bits per heavy atom. The lowest BCUT2D eigenvalue weighted by Gasteiger charge is -2.27. The highest BCUT2D eigenvalue weighted by molar-refractivity contribution is 6.07. The Labute approximate surface area is 131 Å². The molecule has 1 aromatic carbocycles. The SMILES string of the molecule is COc1ccc(C2(Cn3ccccc3=O)NC(=O)NC2=O)cc1. The second-order valence-corrected chi connectivity index (χ2v) is 5.21. The van der Waals surface area contributed by atoms with Crippen LogP contribution in [-0.4, -0.2) is 23.6 Å². The zero-order valence-corrected chi connectivity index (χ0v) is 12.4. The summed E-state index contributed by atoms with van der Waals surface area (Å²) in [7, 11) is 1.54. The molecule has 0 aliphatic carbocycles. The van der Waals surface area contributed by atoms with Crippen LogP contribution in [0.4, 0.5) is 4.79 Å². The van der Waals surface area contributed by atoms with E-state index >= 15 is 0 Å². The highest BCUT2D eigenvalue weighted by Gasteiger charge is 2.48. The van der Waals surface area contributed by atoms with E-state index < -0.39 is 17.5 Å². The number of nitrogens with one attached hydrogen (secondary N) is 2. The van der Waals surface area contributed by atoms with Gasteiger partial charge in [-0.05, 0) is 23.8 Å². The Bertz CT molecular complexity index is 813. The second-order valence-electron chi connectivity index (χ2n) is 5.21. The molecule has 0 bridgehead atoms. The number of carbonyl (C=O) groups excluding carboxylic acids is 2. The molecule has 7 heteroatoms. The summed E-state index contributed by atoms with van der Waals surface area (Å²) < 4.78 is 6.49. The van der Waals surface area contributed by atoms with Crippen molar-refractivity contribution in [2.45, 2.75) is 12.1 Å². The number of ether oxygens (including phenoxy) is 1. The van der Waals surface area contributed by atoms with Gasteiger partial charge in [-0.15, -0.1) is 0 Å². The van der Waals surface area contributed by atoms with E-state index in [1.165, 1.54) is 10.6 Å². The van der Waals surface area contributed by atoms with E-state index in [-0.39, 0.29) is 12.1 Å². The number of carbonyl (C=O) groups is 2. The first-order chi connectivity index (χ1) is 11.0. The van der Waals surface area contributed by atoms with E-state index in [9.17, 15) is 14.4 Å². The zero-order chi connectivity index (χ0) is 16.4. The van der Waals surface area contributed by atoms with Crippen LogP contribution in [0.1, 0.15) is 5.56 Å². The molecule has 1 aromatic heterocycles. The van der Waals surface area contributed by atoms with Gasteiger partial charge in [-0.3, -0.25) is 14.9 Å². The number of amides is 3. The maximum absolute atomic E-state index is 12.4.